The molecule has 5 nitrogen and oxygen atoms in total. The zero-order valence-corrected chi connectivity index (χ0v) is 19.2. The molecule has 0 saturated carbocycles. The van der Waals surface area contributed by atoms with Crippen LogP contribution in [0.5, 0.6) is 0 Å². The molecular formula is C25H30F3N3O2. The third kappa shape index (κ3) is 6.27. The largest absolute Gasteiger partial charge is 0.416 e. The summed E-state index contributed by atoms with van der Waals surface area (Å²) in [5.74, 6) is -0.244. The summed E-state index contributed by atoms with van der Waals surface area (Å²) in [5, 5.41) is 2.90. The highest BCUT2D eigenvalue weighted by Gasteiger charge is 2.32. The van der Waals surface area contributed by atoms with Gasteiger partial charge in [-0.3, -0.25) is 9.59 Å². The minimum atomic E-state index is -4.40. The Labute approximate surface area is 192 Å². The van der Waals surface area contributed by atoms with E-state index in [2.05, 4.69) is 5.32 Å². The molecule has 1 unspecified atom stereocenters. The number of aryl methyl sites for hydroxylation is 1. The Bertz CT molecular complexity index is 983. The van der Waals surface area contributed by atoms with Crippen LogP contribution in [-0.4, -0.2) is 48.9 Å². The van der Waals surface area contributed by atoms with Crippen LogP contribution >= 0.6 is 0 Å². The molecule has 0 bridgehead atoms. The van der Waals surface area contributed by atoms with E-state index in [-0.39, 0.29) is 17.7 Å². The van der Waals surface area contributed by atoms with Crippen molar-refractivity contribution in [3.05, 3.63) is 65.2 Å². The fourth-order valence-corrected chi connectivity index (χ4v) is 4.04. The molecule has 178 valence electrons. The van der Waals surface area contributed by atoms with E-state index in [1.807, 2.05) is 37.8 Å². The highest BCUT2D eigenvalue weighted by atomic mass is 19.4. The van der Waals surface area contributed by atoms with Crippen LogP contribution in [0.3, 0.4) is 0 Å². The van der Waals surface area contributed by atoms with Crippen molar-refractivity contribution in [2.75, 3.05) is 31.1 Å². The van der Waals surface area contributed by atoms with Crippen LogP contribution in [-0.2, 0) is 11.0 Å². The van der Waals surface area contributed by atoms with E-state index >= 15 is 0 Å². The van der Waals surface area contributed by atoms with Crippen LogP contribution in [0.15, 0.2) is 48.5 Å². The van der Waals surface area contributed by atoms with Gasteiger partial charge in [-0.25, -0.2) is 0 Å². The summed E-state index contributed by atoms with van der Waals surface area (Å²) in [6.45, 7) is 7.44. The number of amides is 2. The zero-order valence-electron chi connectivity index (χ0n) is 19.2. The van der Waals surface area contributed by atoms with Crippen molar-refractivity contribution >= 4 is 17.5 Å². The fraction of sp³-hybridized carbons (Fsp3) is 0.440. The highest BCUT2D eigenvalue weighted by molar-refractivity contribution is 5.98. The number of piperazine rings is 1. The molecule has 33 heavy (non-hydrogen) atoms. The third-order valence-corrected chi connectivity index (χ3v) is 5.83. The minimum absolute atomic E-state index is 0.158. The zero-order chi connectivity index (χ0) is 24.2. The van der Waals surface area contributed by atoms with E-state index in [0.29, 0.717) is 43.9 Å². The van der Waals surface area contributed by atoms with Gasteiger partial charge in [0.25, 0.3) is 5.91 Å². The van der Waals surface area contributed by atoms with E-state index in [1.165, 1.54) is 6.07 Å². The van der Waals surface area contributed by atoms with Gasteiger partial charge in [-0.15, -0.1) is 0 Å². The maximum atomic E-state index is 13.3. The van der Waals surface area contributed by atoms with Crippen molar-refractivity contribution < 1.29 is 22.8 Å². The molecule has 3 rings (SSSR count). The summed E-state index contributed by atoms with van der Waals surface area (Å²) in [5.41, 5.74) is 1.17. The maximum absolute atomic E-state index is 13.3. The highest BCUT2D eigenvalue weighted by Crippen LogP contribution is 2.32. The molecule has 1 saturated heterocycles. The van der Waals surface area contributed by atoms with Crippen LogP contribution in [0.4, 0.5) is 18.9 Å². The second-order valence-corrected chi connectivity index (χ2v) is 8.83. The van der Waals surface area contributed by atoms with Crippen molar-refractivity contribution in [3.63, 3.8) is 0 Å². The van der Waals surface area contributed by atoms with Crippen molar-refractivity contribution in [1.29, 1.82) is 0 Å². The molecule has 0 aromatic heterocycles. The number of anilines is 1. The van der Waals surface area contributed by atoms with Crippen LogP contribution in [0.2, 0.25) is 0 Å². The van der Waals surface area contributed by atoms with Gasteiger partial charge >= 0.3 is 6.18 Å². The minimum Gasteiger partial charge on any atom is -0.368 e. The Morgan fingerprint density at radius 1 is 1.00 bits per heavy atom. The quantitative estimate of drug-likeness (QED) is 0.689. The molecule has 2 aromatic carbocycles. The molecule has 1 N–H and O–H groups in total. The lowest BCUT2D eigenvalue weighted by molar-refractivity contribution is -0.137. The van der Waals surface area contributed by atoms with E-state index in [0.717, 1.165) is 17.7 Å². The Hall–Kier alpha value is -3.03. The molecule has 0 radical (unpaired) electrons. The predicted octanol–water partition coefficient (Wildman–Crippen LogP) is 4.51. The molecule has 2 amide bonds. The summed E-state index contributed by atoms with van der Waals surface area (Å²) in [6.07, 6.45) is -3.89. The number of halogens is 3. The van der Waals surface area contributed by atoms with E-state index in [4.69, 9.17) is 0 Å². The monoisotopic (exact) mass is 461 g/mol. The van der Waals surface area contributed by atoms with Crippen molar-refractivity contribution in [2.45, 2.75) is 39.4 Å². The van der Waals surface area contributed by atoms with Gasteiger partial charge in [0, 0.05) is 37.4 Å². The Kier molecular flexibility index (Phi) is 7.66. The molecule has 1 aliphatic rings. The van der Waals surface area contributed by atoms with Gasteiger partial charge in [-0.1, -0.05) is 38.1 Å². The molecule has 1 atom stereocenters. The van der Waals surface area contributed by atoms with Crippen molar-refractivity contribution in [2.24, 2.45) is 5.92 Å². The first-order valence-corrected chi connectivity index (χ1v) is 11.1. The number of benzene rings is 2. The smallest absolute Gasteiger partial charge is 0.368 e. The number of rotatable bonds is 6. The Balaban J connectivity index is 1.66. The summed E-state index contributed by atoms with van der Waals surface area (Å²) in [7, 11) is 0. The maximum Gasteiger partial charge on any atom is 0.416 e. The number of carbonyl (C=O) groups excluding carboxylic acids is 2. The molecule has 2 aromatic rings. The first-order chi connectivity index (χ1) is 15.6. The van der Waals surface area contributed by atoms with Crippen LogP contribution in [0.1, 0.15) is 41.8 Å². The summed E-state index contributed by atoms with van der Waals surface area (Å²) >= 11 is 0. The number of hydrogen-bond acceptors (Lipinski definition) is 3. The van der Waals surface area contributed by atoms with Gasteiger partial charge in [-0.05, 0) is 49.1 Å². The van der Waals surface area contributed by atoms with Crippen LogP contribution < -0.4 is 10.2 Å². The number of hydrogen-bond donors (Lipinski definition) is 1. The predicted molar refractivity (Wildman–Crippen MR) is 122 cm³/mol. The number of alkyl halides is 3. The van der Waals surface area contributed by atoms with Gasteiger partial charge < -0.3 is 15.1 Å². The van der Waals surface area contributed by atoms with Crippen molar-refractivity contribution in [1.82, 2.24) is 10.2 Å². The summed E-state index contributed by atoms with van der Waals surface area (Å²) < 4.78 is 39.1. The summed E-state index contributed by atoms with van der Waals surface area (Å²) in [6, 6.07) is 11.8. The number of carbonyl (C=O) groups is 2. The molecule has 0 aliphatic carbocycles. The van der Waals surface area contributed by atoms with Crippen LogP contribution in [0, 0.1) is 12.8 Å². The molecule has 1 aliphatic heterocycles. The van der Waals surface area contributed by atoms with Gasteiger partial charge in [0.15, 0.2) is 0 Å². The SMILES string of the molecule is Cc1ccccc1C(=O)NC(CC(C)C)C(=O)N1CCN(c2cccc(C(F)(F)F)c2)CC1. The van der Waals surface area contributed by atoms with E-state index < -0.39 is 17.8 Å². The average Bonchev–Trinajstić information content (AvgIpc) is 2.77. The van der Waals surface area contributed by atoms with Gasteiger partial charge in [0.2, 0.25) is 5.91 Å². The third-order valence-electron chi connectivity index (χ3n) is 5.83. The fourth-order valence-electron chi connectivity index (χ4n) is 4.04. The molecule has 1 heterocycles. The standard InChI is InChI=1S/C25H30F3N3O2/c1-17(2)15-22(29-23(32)21-10-5-4-7-18(21)3)24(33)31-13-11-30(12-14-31)20-9-6-8-19(16-20)25(26,27)28/h4-10,16-17,22H,11-15H2,1-3H3,(H,29,32). The Morgan fingerprint density at radius 2 is 1.67 bits per heavy atom. The number of nitrogens with one attached hydrogen (secondary N) is 1. The van der Waals surface area contributed by atoms with Gasteiger partial charge in [0.1, 0.15) is 6.04 Å². The lowest BCUT2D eigenvalue weighted by Crippen LogP contribution is -2.55. The molecular weight excluding hydrogens is 431 g/mol. The second kappa shape index (κ2) is 10.3. The average molecular weight is 462 g/mol. The topological polar surface area (TPSA) is 52.7 Å². The lowest BCUT2D eigenvalue weighted by Gasteiger charge is -2.38. The molecule has 0 spiro atoms. The first kappa shape index (κ1) is 24.6. The second-order valence-electron chi connectivity index (χ2n) is 8.83. The number of nitrogens with zero attached hydrogens (tertiary/aromatic N) is 2. The van der Waals surface area contributed by atoms with Gasteiger partial charge in [0.05, 0.1) is 5.56 Å². The van der Waals surface area contributed by atoms with Crippen molar-refractivity contribution in [3.8, 4) is 0 Å². The molecule has 1 fully saturated rings. The first-order valence-electron chi connectivity index (χ1n) is 11.1. The van der Waals surface area contributed by atoms with E-state index in [1.54, 1.807) is 23.1 Å². The van der Waals surface area contributed by atoms with Crippen LogP contribution in [0.25, 0.3) is 0 Å². The Morgan fingerprint density at radius 3 is 2.27 bits per heavy atom. The normalized spacial score (nSPS) is 15.5. The molecule has 8 heteroatoms. The van der Waals surface area contributed by atoms with E-state index in [9.17, 15) is 22.8 Å². The lowest BCUT2D eigenvalue weighted by atomic mass is 10.0. The summed E-state index contributed by atoms with van der Waals surface area (Å²) in [4.78, 5) is 29.6. The van der Waals surface area contributed by atoms with Gasteiger partial charge in [-0.2, -0.15) is 13.2 Å².